The molecule has 3 nitrogen and oxygen atoms in total. The molecule has 0 radical (unpaired) electrons. The monoisotopic (exact) mass is 154 g/mol. The van der Waals surface area contributed by atoms with Crippen molar-refractivity contribution in [2.45, 2.75) is 0 Å². The Morgan fingerprint density at radius 3 is 3.10 bits per heavy atom. The average molecular weight is 154 g/mol. The molecule has 0 fully saturated rings. The molecule has 10 heavy (non-hydrogen) atoms. The molecule has 0 aliphatic carbocycles. The molecule has 0 aromatic heterocycles. The normalized spacial score (nSPS) is 16.2. The Morgan fingerprint density at radius 1 is 1.60 bits per heavy atom. The number of hydrogen-bond donors (Lipinski definition) is 1. The van der Waals surface area contributed by atoms with E-state index < -0.39 is 5.91 Å². The van der Waals surface area contributed by atoms with Gasteiger partial charge in [0.25, 0.3) is 5.91 Å². The number of rotatable bonds is 1. The fourth-order valence-electron chi connectivity index (χ4n) is 0.473. The minimum absolute atomic E-state index is 0.436. The van der Waals surface area contributed by atoms with Gasteiger partial charge < -0.3 is 5.73 Å². The standard InChI is InChI=1S/C6H6N2OS/c7-6(9)5-3-1-2-4-8-10-5/h1-4H,(H2,7,9). The number of carbonyl (C=O) groups is 1. The number of hydrogen-bond acceptors (Lipinski definition) is 3. The molecule has 0 bridgehead atoms. The Labute approximate surface area is 62.8 Å². The van der Waals surface area contributed by atoms with Crippen LogP contribution in [0.4, 0.5) is 0 Å². The van der Waals surface area contributed by atoms with Gasteiger partial charge in [0.1, 0.15) is 0 Å². The van der Waals surface area contributed by atoms with Crippen LogP contribution < -0.4 is 5.73 Å². The summed E-state index contributed by atoms with van der Waals surface area (Å²) in [6.07, 6.45) is 6.71. The number of nitrogens with zero attached hydrogens (tertiary/aromatic N) is 1. The van der Waals surface area contributed by atoms with Crippen LogP contribution in [0.15, 0.2) is 27.5 Å². The summed E-state index contributed by atoms with van der Waals surface area (Å²) < 4.78 is 3.81. The first kappa shape index (κ1) is 7.08. The van der Waals surface area contributed by atoms with Gasteiger partial charge in [0.2, 0.25) is 0 Å². The van der Waals surface area contributed by atoms with Crippen LogP contribution in [0.3, 0.4) is 0 Å². The third-order valence-electron chi connectivity index (χ3n) is 0.900. The number of amides is 1. The van der Waals surface area contributed by atoms with Crippen molar-refractivity contribution in [2.75, 3.05) is 0 Å². The van der Waals surface area contributed by atoms with Gasteiger partial charge in [0, 0.05) is 18.2 Å². The summed E-state index contributed by atoms with van der Waals surface area (Å²) in [6, 6.07) is 0. The second-order valence-corrected chi connectivity index (χ2v) is 2.46. The lowest BCUT2D eigenvalue weighted by atomic mass is 10.4. The van der Waals surface area contributed by atoms with Gasteiger partial charge >= 0.3 is 0 Å². The molecule has 0 atom stereocenters. The van der Waals surface area contributed by atoms with Crippen molar-refractivity contribution in [1.29, 1.82) is 0 Å². The van der Waals surface area contributed by atoms with Crippen molar-refractivity contribution in [1.82, 2.24) is 0 Å². The van der Waals surface area contributed by atoms with Gasteiger partial charge in [0.05, 0.1) is 4.91 Å². The molecular weight excluding hydrogens is 148 g/mol. The van der Waals surface area contributed by atoms with Crippen LogP contribution in [-0.4, -0.2) is 12.1 Å². The molecule has 1 aliphatic rings. The Balaban J connectivity index is 2.78. The molecular formula is C6H6N2OS. The van der Waals surface area contributed by atoms with Gasteiger partial charge in [-0.3, -0.25) is 4.79 Å². The third-order valence-corrected chi connectivity index (χ3v) is 1.66. The first-order valence-corrected chi connectivity index (χ1v) is 3.45. The molecule has 52 valence electrons. The van der Waals surface area contributed by atoms with Crippen molar-refractivity contribution < 1.29 is 4.79 Å². The summed E-state index contributed by atoms with van der Waals surface area (Å²) in [5.41, 5.74) is 5.00. The maximum atomic E-state index is 10.5. The van der Waals surface area contributed by atoms with E-state index in [1.807, 2.05) is 0 Å². The zero-order valence-corrected chi connectivity index (χ0v) is 5.97. The van der Waals surface area contributed by atoms with Gasteiger partial charge in [-0.15, -0.1) is 0 Å². The average Bonchev–Trinajstić information content (AvgIpc) is 2.12. The van der Waals surface area contributed by atoms with Crippen molar-refractivity contribution in [2.24, 2.45) is 10.1 Å². The first-order valence-electron chi connectivity index (χ1n) is 2.68. The van der Waals surface area contributed by atoms with E-state index in [9.17, 15) is 4.79 Å². The van der Waals surface area contributed by atoms with Gasteiger partial charge in [-0.2, -0.15) is 0 Å². The van der Waals surface area contributed by atoms with Gasteiger partial charge in [-0.05, 0) is 12.2 Å². The van der Waals surface area contributed by atoms with E-state index in [0.717, 1.165) is 11.9 Å². The first-order chi connectivity index (χ1) is 4.80. The highest BCUT2D eigenvalue weighted by Gasteiger charge is 2.03. The topological polar surface area (TPSA) is 55.5 Å². The number of nitrogens with two attached hydrogens (primary N) is 1. The molecule has 1 heterocycles. The molecule has 2 N–H and O–H groups in total. The van der Waals surface area contributed by atoms with E-state index in [4.69, 9.17) is 5.73 Å². The highest BCUT2D eigenvalue weighted by atomic mass is 32.2. The molecule has 4 heteroatoms. The van der Waals surface area contributed by atoms with Crippen molar-refractivity contribution in [3.8, 4) is 0 Å². The number of allylic oxidation sites excluding steroid dienone is 3. The Kier molecular flexibility index (Phi) is 2.28. The minimum Gasteiger partial charge on any atom is -0.365 e. The SMILES string of the molecule is NC(=O)C1=CC=CC=NS1. The van der Waals surface area contributed by atoms with E-state index in [0.29, 0.717) is 4.91 Å². The van der Waals surface area contributed by atoms with E-state index in [1.54, 1.807) is 24.4 Å². The molecule has 1 aliphatic heterocycles. The fourth-order valence-corrected chi connectivity index (χ4v) is 0.947. The summed E-state index contributed by atoms with van der Waals surface area (Å²) in [7, 11) is 0. The van der Waals surface area contributed by atoms with E-state index in [-0.39, 0.29) is 0 Å². The van der Waals surface area contributed by atoms with Gasteiger partial charge in [0.15, 0.2) is 0 Å². The highest BCUT2D eigenvalue weighted by molar-refractivity contribution is 8.02. The van der Waals surface area contributed by atoms with Crippen LogP contribution in [0.2, 0.25) is 0 Å². The van der Waals surface area contributed by atoms with Crippen LogP contribution in [0.5, 0.6) is 0 Å². The second kappa shape index (κ2) is 3.22. The minimum atomic E-state index is -0.436. The third kappa shape index (κ3) is 1.73. The maximum absolute atomic E-state index is 10.5. The van der Waals surface area contributed by atoms with Crippen LogP contribution in [-0.2, 0) is 4.79 Å². The highest BCUT2D eigenvalue weighted by Crippen LogP contribution is 2.17. The summed E-state index contributed by atoms with van der Waals surface area (Å²) >= 11 is 1.09. The molecule has 0 aromatic rings. The molecule has 0 saturated heterocycles. The van der Waals surface area contributed by atoms with Crippen LogP contribution in [0.1, 0.15) is 0 Å². The van der Waals surface area contributed by atoms with Gasteiger partial charge in [-0.25, -0.2) is 4.40 Å². The molecule has 0 saturated carbocycles. The zero-order chi connectivity index (χ0) is 7.40. The smallest absolute Gasteiger partial charge is 0.256 e. The van der Waals surface area contributed by atoms with Crippen molar-refractivity contribution in [3.05, 3.63) is 23.1 Å². The predicted molar refractivity (Wildman–Crippen MR) is 42.5 cm³/mol. The van der Waals surface area contributed by atoms with E-state index >= 15 is 0 Å². The Bertz CT molecular complexity index is 230. The van der Waals surface area contributed by atoms with Crippen LogP contribution in [0, 0.1) is 0 Å². The van der Waals surface area contributed by atoms with Crippen molar-refractivity contribution >= 4 is 24.1 Å². The molecule has 1 amide bonds. The fraction of sp³-hybridized carbons (Fsp3) is 0. The summed E-state index contributed by atoms with van der Waals surface area (Å²) in [5.74, 6) is -0.436. The van der Waals surface area contributed by atoms with Gasteiger partial charge in [-0.1, -0.05) is 6.08 Å². The van der Waals surface area contributed by atoms with E-state index in [2.05, 4.69) is 4.40 Å². The Hall–Kier alpha value is -1.03. The summed E-state index contributed by atoms with van der Waals surface area (Å²) in [4.78, 5) is 11.0. The lowest BCUT2D eigenvalue weighted by molar-refractivity contribution is -0.113. The van der Waals surface area contributed by atoms with Crippen LogP contribution in [0.25, 0.3) is 0 Å². The Morgan fingerprint density at radius 2 is 2.40 bits per heavy atom. The number of primary amides is 1. The van der Waals surface area contributed by atoms with Crippen molar-refractivity contribution in [3.63, 3.8) is 0 Å². The lowest BCUT2D eigenvalue weighted by Crippen LogP contribution is -2.10. The zero-order valence-electron chi connectivity index (χ0n) is 5.15. The summed E-state index contributed by atoms with van der Waals surface area (Å²) in [6.45, 7) is 0. The van der Waals surface area contributed by atoms with E-state index in [1.165, 1.54) is 0 Å². The molecule has 0 spiro atoms. The molecule has 0 unspecified atom stereocenters. The second-order valence-electron chi connectivity index (χ2n) is 1.63. The predicted octanol–water partition coefficient (Wildman–Crippen LogP) is 0.644. The quantitative estimate of drug-likeness (QED) is 0.563. The molecule has 1 rings (SSSR count). The molecule has 0 aromatic carbocycles. The maximum Gasteiger partial charge on any atom is 0.256 e. The van der Waals surface area contributed by atoms with Crippen LogP contribution >= 0.6 is 11.9 Å². The summed E-state index contributed by atoms with van der Waals surface area (Å²) in [5, 5.41) is 0. The number of carbonyl (C=O) groups excluding carboxylic acids is 1. The largest absolute Gasteiger partial charge is 0.365 e. The lowest BCUT2D eigenvalue weighted by Gasteiger charge is -1.91.